The highest BCUT2D eigenvalue weighted by Crippen LogP contribution is 2.26. The van der Waals surface area contributed by atoms with E-state index >= 15 is 0 Å². The molecule has 0 unspecified atom stereocenters. The van der Waals surface area contributed by atoms with Crippen LogP contribution in [0.1, 0.15) is 61.9 Å². The van der Waals surface area contributed by atoms with E-state index in [1.807, 2.05) is 72.2 Å². The van der Waals surface area contributed by atoms with E-state index in [0.717, 1.165) is 60.9 Å². The SMILES string of the molecule is CC(C)C(=O)N1CCCCCCCN(C(=O)c2cccc(Br)c2)Cc2ccccc21. The first-order valence-electron chi connectivity index (χ1n) is 10.9. The summed E-state index contributed by atoms with van der Waals surface area (Å²) < 4.78 is 0.900. The number of carbonyl (C=O) groups is 2. The molecular weight excluding hydrogens is 440 g/mol. The molecule has 2 aromatic rings. The Morgan fingerprint density at radius 2 is 1.60 bits per heavy atom. The molecule has 1 aliphatic heterocycles. The fourth-order valence-corrected chi connectivity index (χ4v) is 4.33. The fraction of sp³-hybridized carbons (Fsp3) is 0.440. The number of hydrogen-bond acceptors (Lipinski definition) is 2. The predicted octanol–water partition coefficient (Wildman–Crippen LogP) is 6.04. The van der Waals surface area contributed by atoms with Gasteiger partial charge in [-0.3, -0.25) is 9.59 Å². The van der Waals surface area contributed by atoms with Crippen molar-refractivity contribution in [3.05, 3.63) is 64.1 Å². The summed E-state index contributed by atoms with van der Waals surface area (Å²) in [6, 6.07) is 15.6. The topological polar surface area (TPSA) is 40.6 Å². The lowest BCUT2D eigenvalue weighted by Gasteiger charge is -2.30. The van der Waals surface area contributed by atoms with Gasteiger partial charge in [0.2, 0.25) is 5.91 Å². The first kappa shape index (κ1) is 22.5. The number of hydrogen-bond donors (Lipinski definition) is 0. The van der Waals surface area contributed by atoms with Gasteiger partial charge in [0.25, 0.3) is 5.91 Å². The molecule has 3 rings (SSSR count). The fourth-order valence-electron chi connectivity index (χ4n) is 3.93. The third-order valence-electron chi connectivity index (χ3n) is 5.57. The average Bonchev–Trinajstić information content (AvgIpc) is 2.73. The van der Waals surface area contributed by atoms with Crippen molar-refractivity contribution in [1.82, 2.24) is 4.90 Å². The van der Waals surface area contributed by atoms with Crippen LogP contribution >= 0.6 is 15.9 Å². The van der Waals surface area contributed by atoms with Gasteiger partial charge in [-0.1, -0.05) is 73.3 Å². The van der Waals surface area contributed by atoms with Gasteiger partial charge in [-0.05, 0) is 42.7 Å². The van der Waals surface area contributed by atoms with Crippen LogP contribution in [0.25, 0.3) is 0 Å². The van der Waals surface area contributed by atoms with Gasteiger partial charge in [0, 0.05) is 41.3 Å². The summed E-state index contributed by atoms with van der Waals surface area (Å²) in [5.41, 5.74) is 2.64. The highest BCUT2D eigenvalue weighted by molar-refractivity contribution is 9.10. The van der Waals surface area contributed by atoms with Crippen LogP contribution in [0, 0.1) is 5.92 Å². The average molecular weight is 471 g/mol. The zero-order valence-corrected chi connectivity index (χ0v) is 19.5. The Kier molecular flexibility index (Phi) is 8.08. The third-order valence-corrected chi connectivity index (χ3v) is 6.07. The second-order valence-corrected chi connectivity index (χ2v) is 9.19. The number of para-hydroxylation sites is 1. The van der Waals surface area contributed by atoms with E-state index in [2.05, 4.69) is 15.9 Å². The minimum atomic E-state index is -0.0645. The Labute approximate surface area is 188 Å². The summed E-state index contributed by atoms with van der Waals surface area (Å²) in [6.07, 6.45) is 5.33. The second kappa shape index (κ2) is 10.8. The van der Waals surface area contributed by atoms with Crippen molar-refractivity contribution >= 4 is 33.4 Å². The Morgan fingerprint density at radius 1 is 0.900 bits per heavy atom. The minimum Gasteiger partial charge on any atom is -0.334 e. The molecule has 0 saturated carbocycles. The van der Waals surface area contributed by atoms with Crippen molar-refractivity contribution in [2.75, 3.05) is 18.0 Å². The molecule has 0 fully saturated rings. The Bertz CT molecular complexity index is 881. The number of amides is 2. The molecule has 1 aliphatic rings. The van der Waals surface area contributed by atoms with Gasteiger partial charge in [-0.2, -0.15) is 0 Å². The number of rotatable bonds is 2. The summed E-state index contributed by atoms with van der Waals surface area (Å²) in [5, 5.41) is 0. The van der Waals surface area contributed by atoms with Crippen LogP contribution in [-0.4, -0.2) is 29.8 Å². The number of nitrogens with zero attached hydrogens (tertiary/aromatic N) is 2. The smallest absolute Gasteiger partial charge is 0.254 e. The number of carbonyl (C=O) groups excluding carboxylic acids is 2. The largest absolute Gasteiger partial charge is 0.334 e. The van der Waals surface area contributed by atoms with E-state index in [9.17, 15) is 9.59 Å². The lowest BCUT2D eigenvalue weighted by Crippen LogP contribution is -2.37. The van der Waals surface area contributed by atoms with Gasteiger partial charge in [0.1, 0.15) is 0 Å². The van der Waals surface area contributed by atoms with Gasteiger partial charge in [0.15, 0.2) is 0 Å². The van der Waals surface area contributed by atoms with Crippen LogP contribution in [0.15, 0.2) is 53.0 Å². The monoisotopic (exact) mass is 470 g/mol. The van der Waals surface area contributed by atoms with Crippen molar-refractivity contribution in [2.45, 2.75) is 52.5 Å². The molecule has 0 saturated heterocycles. The minimum absolute atomic E-state index is 0.0323. The molecule has 0 spiro atoms. The summed E-state index contributed by atoms with van der Waals surface area (Å²) in [4.78, 5) is 30.2. The maximum Gasteiger partial charge on any atom is 0.254 e. The number of fused-ring (bicyclic) bond motifs is 1. The van der Waals surface area contributed by atoms with Crippen LogP contribution in [0.5, 0.6) is 0 Å². The molecule has 5 heteroatoms. The highest BCUT2D eigenvalue weighted by atomic mass is 79.9. The lowest BCUT2D eigenvalue weighted by atomic mass is 10.0. The van der Waals surface area contributed by atoms with Gasteiger partial charge < -0.3 is 9.80 Å². The van der Waals surface area contributed by atoms with E-state index in [1.165, 1.54) is 0 Å². The molecule has 0 atom stereocenters. The van der Waals surface area contributed by atoms with Crippen LogP contribution in [0.4, 0.5) is 5.69 Å². The van der Waals surface area contributed by atoms with E-state index in [-0.39, 0.29) is 17.7 Å². The van der Waals surface area contributed by atoms with Gasteiger partial charge in [-0.25, -0.2) is 0 Å². The van der Waals surface area contributed by atoms with Crippen molar-refractivity contribution < 1.29 is 9.59 Å². The maximum absolute atomic E-state index is 13.3. The molecule has 160 valence electrons. The quantitative estimate of drug-likeness (QED) is 0.536. The zero-order chi connectivity index (χ0) is 21.5. The third kappa shape index (κ3) is 5.72. The van der Waals surface area contributed by atoms with Crippen LogP contribution in [-0.2, 0) is 11.3 Å². The molecular formula is C25H31BrN2O2. The number of halogens is 1. The molecule has 2 amide bonds. The second-order valence-electron chi connectivity index (χ2n) is 8.28. The van der Waals surface area contributed by atoms with Crippen molar-refractivity contribution in [1.29, 1.82) is 0 Å². The summed E-state index contributed by atoms with van der Waals surface area (Å²) in [7, 11) is 0. The van der Waals surface area contributed by atoms with Gasteiger partial charge in [-0.15, -0.1) is 0 Å². The normalized spacial score (nSPS) is 15.9. The molecule has 0 aromatic heterocycles. The van der Waals surface area contributed by atoms with E-state index in [0.29, 0.717) is 12.1 Å². The molecule has 1 heterocycles. The highest BCUT2D eigenvalue weighted by Gasteiger charge is 2.24. The van der Waals surface area contributed by atoms with E-state index in [1.54, 1.807) is 0 Å². The Hall–Kier alpha value is -2.14. The van der Waals surface area contributed by atoms with Crippen molar-refractivity contribution in [3.8, 4) is 0 Å². The summed E-state index contributed by atoms with van der Waals surface area (Å²) in [5.74, 6) is 0.111. The maximum atomic E-state index is 13.3. The number of anilines is 1. The zero-order valence-electron chi connectivity index (χ0n) is 17.9. The molecule has 2 aromatic carbocycles. The Balaban J connectivity index is 1.96. The predicted molar refractivity (Wildman–Crippen MR) is 126 cm³/mol. The van der Waals surface area contributed by atoms with Crippen molar-refractivity contribution in [3.63, 3.8) is 0 Å². The lowest BCUT2D eigenvalue weighted by molar-refractivity contribution is -0.121. The molecule has 0 aliphatic carbocycles. The molecule has 0 radical (unpaired) electrons. The molecule has 30 heavy (non-hydrogen) atoms. The number of benzene rings is 2. The molecule has 4 nitrogen and oxygen atoms in total. The van der Waals surface area contributed by atoms with E-state index in [4.69, 9.17) is 0 Å². The standard InChI is InChI=1S/C25H31BrN2O2/c1-19(2)24(29)28-16-9-5-3-4-8-15-27(18-21-11-6-7-14-23(21)28)25(30)20-12-10-13-22(26)17-20/h6-7,10-14,17,19H,3-5,8-9,15-16,18H2,1-2H3. The first-order valence-corrected chi connectivity index (χ1v) is 11.7. The molecule has 0 N–H and O–H groups in total. The first-order chi connectivity index (χ1) is 14.5. The van der Waals surface area contributed by atoms with Crippen molar-refractivity contribution in [2.24, 2.45) is 5.92 Å². The van der Waals surface area contributed by atoms with Gasteiger partial charge >= 0.3 is 0 Å². The summed E-state index contributed by atoms with van der Waals surface area (Å²) >= 11 is 3.47. The van der Waals surface area contributed by atoms with E-state index < -0.39 is 0 Å². The Morgan fingerprint density at radius 3 is 2.33 bits per heavy atom. The van der Waals surface area contributed by atoms with Crippen LogP contribution in [0.2, 0.25) is 0 Å². The summed E-state index contributed by atoms with van der Waals surface area (Å²) in [6.45, 7) is 5.85. The van der Waals surface area contributed by atoms with Crippen LogP contribution < -0.4 is 4.90 Å². The van der Waals surface area contributed by atoms with Gasteiger partial charge in [0.05, 0.1) is 0 Å². The van der Waals surface area contributed by atoms with Crippen LogP contribution in [0.3, 0.4) is 0 Å². The molecule has 0 bridgehead atoms.